The highest BCUT2D eigenvalue weighted by Crippen LogP contribution is 2.27. The average Bonchev–Trinajstić information content (AvgIpc) is 2.44. The van der Waals surface area contributed by atoms with E-state index in [1.54, 1.807) is 0 Å². The lowest BCUT2D eigenvalue weighted by Gasteiger charge is -2.25. The molecule has 0 bridgehead atoms. The zero-order valence-electron chi connectivity index (χ0n) is 8.69. The van der Waals surface area contributed by atoms with Crippen LogP contribution in [0.4, 0.5) is 0 Å². The van der Waals surface area contributed by atoms with Gasteiger partial charge in [-0.25, -0.2) is 9.99 Å². The van der Waals surface area contributed by atoms with E-state index in [9.17, 15) is 0 Å². The van der Waals surface area contributed by atoms with E-state index >= 15 is 0 Å². The Labute approximate surface area is 95.2 Å². The molecule has 82 valence electrons. The lowest BCUT2D eigenvalue weighted by Crippen LogP contribution is -2.34. The summed E-state index contributed by atoms with van der Waals surface area (Å²) in [5.74, 6) is 6.02. The Morgan fingerprint density at radius 2 is 2.20 bits per heavy atom. The van der Waals surface area contributed by atoms with E-state index in [1.807, 2.05) is 23.3 Å². The molecule has 15 heavy (non-hydrogen) atoms. The van der Waals surface area contributed by atoms with Crippen LogP contribution in [0.2, 0.25) is 5.15 Å². The first-order chi connectivity index (χ1) is 7.27. The second-order valence-electron chi connectivity index (χ2n) is 4.02. The molecule has 4 heteroatoms. The van der Waals surface area contributed by atoms with Crippen LogP contribution >= 0.6 is 11.6 Å². The van der Waals surface area contributed by atoms with Gasteiger partial charge in [-0.05, 0) is 24.5 Å². The second-order valence-corrected chi connectivity index (χ2v) is 4.40. The zero-order valence-corrected chi connectivity index (χ0v) is 9.45. The van der Waals surface area contributed by atoms with Crippen molar-refractivity contribution in [3.8, 4) is 0 Å². The van der Waals surface area contributed by atoms with Crippen LogP contribution in [0.15, 0.2) is 18.3 Å². The molecule has 0 amide bonds. The van der Waals surface area contributed by atoms with Gasteiger partial charge in [0.05, 0.1) is 6.04 Å². The number of nitrogens with two attached hydrogens (primary N) is 1. The highest BCUT2D eigenvalue weighted by molar-refractivity contribution is 6.29. The molecule has 0 unspecified atom stereocenters. The predicted octanol–water partition coefficient (Wildman–Crippen LogP) is 2.53. The first-order valence-corrected chi connectivity index (χ1v) is 5.78. The van der Waals surface area contributed by atoms with Crippen molar-refractivity contribution in [1.29, 1.82) is 0 Å². The molecule has 2 rings (SSSR count). The fraction of sp³-hybridized carbons (Fsp3) is 0.545. The summed E-state index contributed by atoms with van der Waals surface area (Å²) in [6.07, 6.45) is 6.64. The van der Waals surface area contributed by atoms with Crippen molar-refractivity contribution in [3.63, 3.8) is 0 Å². The van der Waals surface area contributed by atoms with Crippen molar-refractivity contribution in [3.05, 3.63) is 29.0 Å². The van der Waals surface area contributed by atoms with Gasteiger partial charge < -0.3 is 0 Å². The Hall–Kier alpha value is -0.640. The summed E-state index contributed by atoms with van der Waals surface area (Å²) in [4.78, 5) is 4.10. The van der Waals surface area contributed by atoms with E-state index < -0.39 is 0 Å². The van der Waals surface area contributed by atoms with E-state index in [0.717, 1.165) is 13.0 Å². The van der Waals surface area contributed by atoms with Crippen LogP contribution in [0, 0.1) is 0 Å². The van der Waals surface area contributed by atoms with E-state index in [1.165, 1.54) is 24.8 Å². The van der Waals surface area contributed by atoms with Crippen molar-refractivity contribution < 1.29 is 0 Å². The summed E-state index contributed by atoms with van der Waals surface area (Å²) in [6.45, 7) is 0.966. The maximum absolute atomic E-state index is 6.02. The molecule has 1 saturated heterocycles. The molecule has 1 aliphatic heterocycles. The third kappa shape index (κ3) is 2.68. The van der Waals surface area contributed by atoms with E-state index in [4.69, 9.17) is 17.4 Å². The van der Waals surface area contributed by atoms with Gasteiger partial charge in [0.1, 0.15) is 5.15 Å². The molecule has 1 atom stereocenters. The fourth-order valence-electron chi connectivity index (χ4n) is 2.07. The Kier molecular flexibility index (Phi) is 3.57. The molecular formula is C11H16ClN3. The van der Waals surface area contributed by atoms with Crippen LogP contribution in [0.1, 0.15) is 37.3 Å². The minimum atomic E-state index is 0.303. The first kappa shape index (κ1) is 10.9. The molecule has 2 N–H and O–H groups in total. The maximum atomic E-state index is 6.02. The molecule has 0 aliphatic carbocycles. The van der Waals surface area contributed by atoms with E-state index in [0.29, 0.717) is 11.2 Å². The third-order valence-corrected chi connectivity index (χ3v) is 3.15. The molecule has 0 radical (unpaired) electrons. The van der Waals surface area contributed by atoms with Crippen LogP contribution < -0.4 is 5.84 Å². The van der Waals surface area contributed by atoms with Crippen LogP contribution in [0.3, 0.4) is 0 Å². The van der Waals surface area contributed by atoms with Crippen molar-refractivity contribution in [1.82, 2.24) is 9.99 Å². The molecule has 0 saturated carbocycles. The average molecular weight is 226 g/mol. The van der Waals surface area contributed by atoms with Gasteiger partial charge in [0.15, 0.2) is 0 Å². The highest BCUT2D eigenvalue weighted by atomic mass is 35.5. The number of rotatable bonds is 1. The van der Waals surface area contributed by atoms with Crippen LogP contribution in [-0.2, 0) is 0 Å². The minimum absolute atomic E-state index is 0.303. The van der Waals surface area contributed by atoms with Gasteiger partial charge in [-0.2, -0.15) is 0 Å². The smallest absolute Gasteiger partial charge is 0.129 e. The zero-order chi connectivity index (χ0) is 10.7. The van der Waals surface area contributed by atoms with E-state index in [-0.39, 0.29) is 0 Å². The molecule has 1 aliphatic rings. The molecule has 1 fully saturated rings. The number of hydrogen-bond donors (Lipinski definition) is 1. The number of hydrogen-bond acceptors (Lipinski definition) is 3. The number of aromatic nitrogens is 1. The second kappa shape index (κ2) is 4.92. The largest absolute Gasteiger partial charge is 0.268 e. The van der Waals surface area contributed by atoms with Crippen molar-refractivity contribution in [2.24, 2.45) is 5.84 Å². The molecular weight excluding hydrogens is 210 g/mol. The SMILES string of the molecule is NN1CCCCC[C@@H]1c1ccc(Cl)nc1. The van der Waals surface area contributed by atoms with Gasteiger partial charge in [0.25, 0.3) is 0 Å². The molecule has 1 aromatic heterocycles. The Bertz CT molecular complexity index is 312. The maximum Gasteiger partial charge on any atom is 0.129 e. The molecule has 0 aromatic carbocycles. The Morgan fingerprint density at radius 1 is 1.33 bits per heavy atom. The molecule has 1 aromatic rings. The van der Waals surface area contributed by atoms with Crippen molar-refractivity contribution >= 4 is 11.6 Å². The monoisotopic (exact) mass is 225 g/mol. The normalized spacial score (nSPS) is 23.7. The quantitative estimate of drug-likeness (QED) is 0.590. The lowest BCUT2D eigenvalue weighted by atomic mass is 10.0. The van der Waals surface area contributed by atoms with Gasteiger partial charge in [0, 0.05) is 12.7 Å². The summed E-state index contributed by atoms with van der Waals surface area (Å²) < 4.78 is 0. The molecule has 3 nitrogen and oxygen atoms in total. The van der Waals surface area contributed by atoms with Crippen LogP contribution in [0.25, 0.3) is 0 Å². The number of nitrogens with zero attached hydrogens (tertiary/aromatic N) is 2. The number of halogens is 1. The summed E-state index contributed by atoms with van der Waals surface area (Å²) in [5.41, 5.74) is 1.17. The van der Waals surface area contributed by atoms with Crippen LogP contribution in [-0.4, -0.2) is 16.5 Å². The van der Waals surface area contributed by atoms with Crippen molar-refractivity contribution in [2.45, 2.75) is 31.7 Å². The summed E-state index contributed by atoms with van der Waals surface area (Å²) in [5, 5.41) is 2.47. The van der Waals surface area contributed by atoms with Gasteiger partial charge in [-0.3, -0.25) is 5.84 Å². The summed E-state index contributed by atoms with van der Waals surface area (Å²) >= 11 is 5.76. The topological polar surface area (TPSA) is 42.1 Å². The standard InChI is InChI=1S/C11H16ClN3/c12-11-6-5-9(8-14-11)10-4-2-1-3-7-15(10)13/h5-6,8,10H,1-4,7,13H2/t10-/m1/s1. The third-order valence-electron chi connectivity index (χ3n) is 2.93. The fourth-order valence-corrected chi connectivity index (χ4v) is 2.18. The van der Waals surface area contributed by atoms with Gasteiger partial charge in [-0.15, -0.1) is 0 Å². The minimum Gasteiger partial charge on any atom is -0.268 e. The summed E-state index contributed by atoms with van der Waals surface area (Å²) in [7, 11) is 0. The Morgan fingerprint density at radius 3 is 2.93 bits per heavy atom. The molecule has 2 heterocycles. The lowest BCUT2D eigenvalue weighted by molar-refractivity contribution is 0.206. The molecule has 0 spiro atoms. The van der Waals surface area contributed by atoms with E-state index in [2.05, 4.69) is 4.98 Å². The predicted molar refractivity (Wildman–Crippen MR) is 61.3 cm³/mol. The van der Waals surface area contributed by atoms with Gasteiger partial charge in [-0.1, -0.05) is 30.5 Å². The van der Waals surface area contributed by atoms with Crippen LogP contribution in [0.5, 0.6) is 0 Å². The van der Waals surface area contributed by atoms with Gasteiger partial charge >= 0.3 is 0 Å². The first-order valence-electron chi connectivity index (χ1n) is 5.40. The Balaban J connectivity index is 2.16. The van der Waals surface area contributed by atoms with Crippen molar-refractivity contribution in [2.75, 3.05) is 6.54 Å². The summed E-state index contributed by atoms with van der Waals surface area (Å²) in [6, 6.07) is 4.15. The highest BCUT2D eigenvalue weighted by Gasteiger charge is 2.19. The van der Waals surface area contributed by atoms with Gasteiger partial charge in [0.2, 0.25) is 0 Å². The number of pyridine rings is 1. The number of hydrazine groups is 1.